The number of nitrogens with zero attached hydrogens (tertiary/aromatic N) is 2. The second kappa shape index (κ2) is 5.83. The van der Waals surface area contributed by atoms with E-state index < -0.39 is 0 Å². The minimum Gasteiger partial charge on any atom is -0.393 e. The molecule has 2 fully saturated rings. The van der Waals surface area contributed by atoms with Crippen LogP contribution in [0.25, 0.3) is 0 Å². The normalized spacial score (nSPS) is 28.0. The summed E-state index contributed by atoms with van der Waals surface area (Å²) in [6.07, 6.45) is 4.83. The van der Waals surface area contributed by atoms with Gasteiger partial charge in [0.1, 0.15) is 0 Å². The van der Waals surface area contributed by atoms with Gasteiger partial charge >= 0.3 is 0 Å². The lowest BCUT2D eigenvalue weighted by molar-refractivity contribution is -0.127. The molecule has 0 saturated carbocycles. The topological polar surface area (TPSA) is 43.8 Å². The Bertz CT molecular complexity index is 268. The molecular weight excluding hydrogens is 216 g/mol. The molecule has 1 N–H and O–H groups in total. The molecule has 2 saturated heterocycles. The highest BCUT2D eigenvalue weighted by atomic mass is 16.3. The van der Waals surface area contributed by atoms with Crippen LogP contribution in [0.15, 0.2) is 0 Å². The SMILES string of the molecule is CC(O)CC1CCCN1CCN1CCCC1=O. The van der Waals surface area contributed by atoms with Crippen molar-refractivity contribution in [2.45, 2.75) is 51.2 Å². The second-order valence-corrected chi connectivity index (χ2v) is 5.40. The van der Waals surface area contributed by atoms with Crippen molar-refractivity contribution in [1.82, 2.24) is 9.80 Å². The Morgan fingerprint density at radius 2 is 2.18 bits per heavy atom. The molecule has 17 heavy (non-hydrogen) atoms. The van der Waals surface area contributed by atoms with Crippen molar-refractivity contribution in [2.75, 3.05) is 26.2 Å². The number of hydrogen-bond donors (Lipinski definition) is 1. The number of likely N-dealkylation sites (tertiary alicyclic amines) is 2. The molecule has 0 aromatic rings. The molecule has 2 aliphatic heterocycles. The fourth-order valence-electron chi connectivity index (χ4n) is 3.04. The maximum absolute atomic E-state index is 11.5. The summed E-state index contributed by atoms with van der Waals surface area (Å²) in [5.74, 6) is 0.316. The molecule has 4 nitrogen and oxygen atoms in total. The van der Waals surface area contributed by atoms with Gasteiger partial charge in [-0.25, -0.2) is 0 Å². The number of aliphatic hydroxyl groups excluding tert-OH is 1. The molecule has 98 valence electrons. The molecule has 2 unspecified atom stereocenters. The largest absolute Gasteiger partial charge is 0.393 e. The Hall–Kier alpha value is -0.610. The quantitative estimate of drug-likeness (QED) is 0.774. The summed E-state index contributed by atoms with van der Waals surface area (Å²) in [5, 5.41) is 9.46. The van der Waals surface area contributed by atoms with Crippen molar-refractivity contribution < 1.29 is 9.90 Å². The highest BCUT2D eigenvalue weighted by Gasteiger charge is 2.27. The number of rotatable bonds is 5. The zero-order chi connectivity index (χ0) is 12.3. The first-order valence-electron chi connectivity index (χ1n) is 6.86. The van der Waals surface area contributed by atoms with Crippen molar-refractivity contribution in [3.8, 4) is 0 Å². The van der Waals surface area contributed by atoms with Crippen molar-refractivity contribution in [3.63, 3.8) is 0 Å². The summed E-state index contributed by atoms with van der Waals surface area (Å²) >= 11 is 0. The summed E-state index contributed by atoms with van der Waals surface area (Å²) in [6.45, 7) is 5.77. The molecule has 0 aliphatic carbocycles. The Morgan fingerprint density at radius 1 is 1.35 bits per heavy atom. The number of aliphatic hydroxyl groups is 1. The predicted octanol–water partition coefficient (Wildman–Crippen LogP) is 0.844. The van der Waals surface area contributed by atoms with Gasteiger partial charge in [0.2, 0.25) is 5.91 Å². The molecule has 2 heterocycles. The lowest BCUT2D eigenvalue weighted by Gasteiger charge is -2.27. The summed E-state index contributed by atoms with van der Waals surface area (Å²) in [4.78, 5) is 15.9. The van der Waals surface area contributed by atoms with Gasteiger partial charge in [0.15, 0.2) is 0 Å². The van der Waals surface area contributed by atoms with E-state index in [0.717, 1.165) is 45.4 Å². The third-order valence-electron chi connectivity index (χ3n) is 3.94. The van der Waals surface area contributed by atoms with E-state index in [2.05, 4.69) is 4.90 Å². The molecule has 0 spiro atoms. The highest BCUT2D eigenvalue weighted by Crippen LogP contribution is 2.21. The summed E-state index contributed by atoms with van der Waals surface area (Å²) in [5.41, 5.74) is 0. The third-order valence-corrected chi connectivity index (χ3v) is 3.94. The minimum absolute atomic E-state index is 0.214. The monoisotopic (exact) mass is 240 g/mol. The minimum atomic E-state index is -0.214. The Morgan fingerprint density at radius 3 is 2.82 bits per heavy atom. The van der Waals surface area contributed by atoms with E-state index in [1.165, 1.54) is 12.8 Å². The van der Waals surface area contributed by atoms with E-state index in [9.17, 15) is 9.90 Å². The van der Waals surface area contributed by atoms with Gasteiger partial charge in [-0.3, -0.25) is 9.69 Å². The summed E-state index contributed by atoms with van der Waals surface area (Å²) in [7, 11) is 0. The third kappa shape index (κ3) is 3.42. The van der Waals surface area contributed by atoms with Crippen molar-refractivity contribution in [1.29, 1.82) is 0 Å². The van der Waals surface area contributed by atoms with E-state index in [1.807, 2.05) is 11.8 Å². The molecule has 0 aromatic carbocycles. The molecule has 0 radical (unpaired) electrons. The average molecular weight is 240 g/mol. The molecule has 2 aliphatic rings. The zero-order valence-corrected chi connectivity index (χ0v) is 10.8. The van der Waals surface area contributed by atoms with Crippen LogP contribution in [0.3, 0.4) is 0 Å². The number of carbonyl (C=O) groups is 1. The van der Waals surface area contributed by atoms with Crippen LogP contribution < -0.4 is 0 Å². The molecular formula is C13H24N2O2. The van der Waals surface area contributed by atoms with E-state index in [-0.39, 0.29) is 6.10 Å². The first kappa shape index (κ1) is 12.8. The van der Waals surface area contributed by atoms with Crippen molar-refractivity contribution >= 4 is 5.91 Å². The Labute approximate surface area is 104 Å². The van der Waals surface area contributed by atoms with Crippen LogP contribution >= 0.6 is 0 Å². The van der Waals surface area contributed by atoms with E-state index in [1.54, 1.807) is 0 Å². The van der Waals surface area contributed by atoms with Crippen LogP contribution in [0, 0.1) is 0 Å². The standard InChI is InChI=1S/C13H24N2O2/c1-11(16)10-12-4-2-6-14(12)8-9-15-7-3-5-13(15)17/h11-12,16H,2-10H2,1H3. The molecule has 1 amide bonds. The first-order valence-corrected chi connectivity index (χ1v) is 6.86. The van der Waals surface area contributed by atoms with Crippen molar-refractivity contribution in [2.24, 2.45) is 0 Å². The maximum atomic E-state index is 11.5. The average Bonchev–Trinajstić information content (AvgIpc) is 2.84. The summed E-state index contributed by atoms with van der Waals surface area (Å²) in [6, 6.07) is 0.521. The first-order chi connectivity index (χ1) is 8.16. The van der Waals surface area contributed by atoms with Gasteiger partial charge in [0.25, 0.3) is 0 Å². The molecule has 2 rings (SSSR count). The van der Waals surface area contributed by atoms with Crippen molar-refractivity contribution in [3.05, 3.63) is 0 Å². The van der Waals surface area contributed by atoms with Gasteiger partial charge in [-0.15, -0.1) is 0 Å². The second-order valence-electron chi connectivity index (χ2n) is 5.40. The van der Waals surface area contributed by atoms with Crippen LogP contribution in [0.4, 0.5) is 0 Å². The number of amides is 1. The van der Waals surface area contributed by atoms with Crippen LogP contribution in [-0.4, -0.2) is 59.1 Å². The molecule has 4 heteroatoms. The lowest BCUT2D eigenvalue weighted by atomic mass is 10.1. The fraction of sp³-hybridized carbons (Fsp3) is 0.923. The Balaban J connectivity index is 1.75. The van der Waals surface area contributed by atoms with Crippen LogP contribution in [0.1, 0.15) is 39.0 Å². The predicted molar refractivity (Wildman–Crippen MR) is 66.7 cm³/mol. The van der Waals surface area contributed by atoms with Gasteiger partial charge in [0, 0.05) is 32.1 Å². The molecule has 0 bridgehead atoms. The van der Waals surface area contributed by atoms with Gasteiger partial charge < -0.3 is 10.0 Å². The molecule has 0 aromatic heterocycles. The lowest BCUT2D eigenvalue weighted by Crippen LogP contribution is -2.39. The van der Waals surface area contributed by atoms with Gasteiger partial charge in [-0.2, -0.15) is 0 Å². The molecule has 2 atom stereocenters. The zero-order valence-electron chi connectivity index (χ0n) is 10.8. The number of hydrogen-bond acceptors (Lipinski definition) is 3. The van der Waals surface area contributed by atoms with Gasteiger partial charge in [-0.1, -0.05) is 0 Å². The van der Waals surface area contributed by atoms with E-state index in [0.29, 0.717) is 11.9 Å². The number of carbonyl (C=O) groups excluding carboxylic acids is 1. The highest BCUT2D eigenvalue weighted by molar-refractivity contribution is 5.78. The van der Waals surface area contributed by atoms with Crippen LogP contribution in [-0.2, 0) is 4.79 Å². The van der Waals surface area contributed by atoms with Crippen LogP contribution in [0.2, 0.25) is 0 Å². The van der Waals surface area contributed by atoms with Crippen LogP contribution in [0.5, 0.6) is 0 Å². The smallest absolute Gasteiger partial charge is 0.222 e. The fourth-order valence-corrected chi connectivity index (χ4v) is 3.04. The van der Waals surface area contributed by atoms with E-state index >= 15 is 0 Å². The summed E-state index contributed by atoms with van der Waals surface area (Å²) < 4.78 is 0. The Kier molecular flexibility index (Phi) is 4.40. The van der Waals surface area contributed by atoms with Gasteiger partial charge in [-0.05, 0) is 39.2 Å². The van der Waals surface area contributed by atoms with Gasteiger partial charge in [0.05, 0.1) is 6.10 Å². The van der Waals surface area contributed by atoms with E-state index in [4.69, 9.17) is 0 Å². The maximum Gasteiger partial charge on any atom is 0.222 e.